The van der Waals surface area contributed by atoms with Crippen molar-refractivity contribution in [3.8, 4) is 0 Å². The second-order valence-corrected chi connectivity index (χ2v) is 2.32. The van der Waals surface area contributed by atoms with Crippen molar-refractivity contribution >= 4 is 13.0 Å². The van der Waals surface area contributed by atoms with Crippen LogP contribution in [0.3, 0.4) is 0 Å². The average Bonchev–Trinajstić information content (AvgIpc) is 2.16. The van der Waals surface area contributed by atoms with Crippen LogP contribution in [0.15, 0.2) is 16.3 Å². The summed E-state index contributed by atoms with van der Waals surface area (Å²) in [6.07, 6.45) is 0. The summed E-state index contributed by atoms with van der Waals surface area (Å²) in [6, 6.07) is 0. The molecule has 0 aromatic rings. The highest BCUT2D eigenvalue weighted by atomic mass is 16.5. The van der Waals surface area contributed by atoms with E-state index in [4.69, 9.17) is 19.5 Å². The highest BCUT2D eigenvalue weighted by Gasteiger charge is 2.29. The van der Waals surface area contributed by atoms with Crippen molar-refractivity contribution in [2.24, 2.45) is 4.99 Å². The van der Waals surface area contributed by atoms with Gasteiger partial charge in [0, 0.05) is 0 Å². The molecule has 6 nitrogen and oxygen atoms in total. The summed E-state index contributed by atoms with van der Waals surface area (Å²) in [6.45, 7) is 0.294. The second kappa shape index (κ2) is 4.15. The third-order valence-electron chi connectivity index (χ3n) is 1.59. The standard InChI is InChI=1S/C6H11BN2O4/c1-12-5-4(7(10)11)6(13-2)9-3-8-5/h8,10-11H,3H2,1-2H3. The maximum Gasteiger partial charge on any atom is 0.499 e. The third-order valence-corrected chi connectivity index (χ3v) is 1.59. The molecule has 3 N–H and O–H groups in total. The van der Waals surface area contributed by atoms with Crippen LogP contribution in [0.5, 0.6) is 0 Å². The van der Waals surface area contributed by atoms with E-state index in [-0.39, 0.29) is 17.3 Å². The maximum absolute atomic E-state index is 9.00. The fourth-order valence-electron chi connectivity index (χ4n) is 1.04. The van der Waals surface area contributed by atoms with Crippen LogP contribution in [-0.4, -0.2) is 44.0 Å². The second-order valence-electron chi connectivity index (χ2n) is 2.32. The molecular weight excluding hydrogens is 175 g/mol. The van der Waals surface area contributed by atoms with Crippen LogP contribution >= 0.6 is 0 Å². The molecule has 0 amide bonds. The van der Waals surface area contributed by atoms with E-state index in [1.807, 2.05) is 0 Å². The predicted octanol–water partition coefficient (Wildman–Crippen LogP) is -1.54. The molecule has 0 bridgehead atoms. The van der Waals surface area contributed by atoms with Gasteiger partial charge in [0.2, 0.25) is 5.90 Å². The van der Waals surface area contributed by atoms with Crippen molar-refractivity contribution in [2.45, 2.75) is 0 Å². The zero-order valence-electron chi connectivity index (χ0n) is 7.44. The highest BCUT2D eigenvalue weighted by molar-refractivity contribution is 6.58. The van der Waals surface area contributed by atoms with Crippen molar-refractivity contribution in [3.05, 3.63) is 11.4 Å². The first-order valence-electron chi connectivity index (χ1n) is 3.67. The first kappa shape index (κ1) is 9.88. The van der Waals surface area contributed by atoms with E-state index in [1.165, 1.54) is 14.2 Å². The van der Waals surface area contributed by atoms with Gasteiger partial charge in [-0.15, -0.1) is 0 Å². The molecule has 0 aromatic carbocycles. The predicted molar refractivity (Wildman–Crippen MR) is 46.7 cm³/mol. The van der Waals surface area contributed by atoms with Crippen LogP contribution in [0, 0.1) is 0 Å². The Balaban J connectivity index is 2.99. The van der Waals surface area contributed by atoms with E-state index in [1.54, 1.807) is 0 Å². The van der Waals surface area contributed by atoms with Crippen molar-refractivity contribution in [3.63, 3.8) is 0 Å². The molecular formula is C6H11BN2O4. The molecule has 0 spiro atoms. The van der Waals surface area contributed by atoms with E-state index < -0.39 is 7.12 Å². The van der Waals surface area contributed by atoms with E-state index in [0.717, 1.165) is 0 Å². The number of nitrogens with zero attached hydrogens (tertiary/aromatic N) is 1. The number of aliphatic imine (C=N–C) groups is 1. The topological polar surface area (TPSA) is 83.3 Å². The number of rotatable bonds is 2. The number of nitrogens with one attached hydrogen (secondary N) is 1. The van der Waals surface area contributed by atoms with E-state index in [9.17, 15) is 0 Å². The largest absolute Gasteiger partial charge is 0.499 e. The summed E-state index contributed by atoms with van der Waals surface area (Å²) >= 11 is 0. The smallest absolute Gasteiger partial charge is 0.483 e. The molecule has 7 heteroatoms. The molecule has 0 radical (unpaired) electrons. The van der Waals surface area contributed by atoms with Gasteiger partial charge in [-0.05, 0) is 0 Å². The summed E-state index contributed by atoms with van der Waals surface area (Å²) in [7, 11) is 1.16. The quantitative estimate of drug-likeness (QED) is 0.455. The molecule has 0 unspecified atom stereocenters. The summed E-state index contributed by atoms with van der Waals surface area (Å²) in [5.41, 5.74) is 0.108. The van der Waals surface area contributed by atoms with E-state index in [0.29, 0.717) is 6.67 Å². The molecule has 1 aliphatic heterocycles. The van der Waals surface area contributed by atoms with Gasteiger partial charge in [0.1, 0.15) is 12.1 Å². The van der Waals surface area contributed by atoms with Gasteiger partial charge in [0.05, 0.1) is 14.2 Å². The average molecular weight is 186 g/mol. The van der Waals surface area contributed by atoms with Gasteiger partial charge >= 0.3 is 7.12 Å². The first-order chi connectivity index (χ1) is 6.20. The molecule has 1 aliphatic rings. The first-order valence-corrected chi connectivity index (χ1v) is 3.67. The number of hydrogen-bond donors (Lipinski definition) is 3. The fraction of sp³-hybridized carbons (Fsp3) is 0.500. The summed E-state index contributed by atoms with van der Waals surface area (Å²) < 4.78 is 9.73. The number of hydrogen-bond acceptors (Lipinski definition) is 6. The SMILES string of the molecule is COC1=NCNC(OC)=C1B(O)O. The van der Waals surface area contributed by atoms with Crippen molar-refractivity contribution in [1.82, 2.24) is 5.32 Å². The van der Waals surface area contributed by atoms with E-state index >= 15 is 0 Å². The van der Waals surface area contributed by atoms with Crippen molar-refractivity contribution < 1.29 is 19.5 Å². The lowest BCUT2D eigenvalue weighted by Gasteiger charge is -2.19. The Morgan fingerprint density at radius 2 is 2.08 bits per heavy atom. The summed E-state index contributed by atoms with van der Waals surface area (Å²) in [5, 5.41) is 20.7. The lowest BCUT2D eigenvalue weighted by molar-refractivity contribution is 0.253. The van der Waals surface area contributed by atoms with Gasteiger partial charge in [-0.3, -0.25) is 0 Å². The Bertz CT molecular complexity index is 251. The summed E-state index contributed by atoms with van der Waals surface area (Å²) in [5.74, 6) is 0.437. The molecule has 0 aromatic heterocycles. The minimum Gasteiger partial charge on any atom is -0.483 e. The van der Waals surface area contributed by atoms with Crippen molar-refractivity contribution in [2.75, 3.05) is 20.9 Å². The Morgan fingerprint density at radius 1 is 1.38 bits per heavy atom. The van der Waals surface area contributed by atoms with Gasteiger partial charge in [-0.2, -0.15) is 0 Å². The van der Waals surface area contributed by atoms with Crippen molar-refractivity contribution in [1.29, 1.82) is 0 Å². The fourth-order valence-corrected chi connectivity index (χ4v) is 1.04. The Labute approximate surface area is 76.0 Å². The van der Waals surface area contributed by atoms with Crippen LogP contribution < -0.4 is 5.32 Å². The summed E-state index contributed by atoms with van der Waals surface area (Å²) in [4.78, 5) is 3.87. The van der Waals surface area contributed by atoms with Crippen LogP contribution in [0.2, 0.25) is 0 Å². The Kier molecular flexibility index (Phi) is 3.15. The Hall–Kier alpha value is -1.21. The molecule has 0 atom stereocenters. The van der Waals surface area contributed by atoms with Crippen LogP contribution in [-0.2, 0) is 9.47 Å². The molecule has 0 aliphatic carbocycles. The molecule has 0 fully saturated rings. The lowest BCUT2D eigenvalue weighted by Crippen LogP contribution is -2.34. The van der Waals surface area contributed by atoms with Gasteiger partial charge in [0.15, 0.2) is 5.88 Å². The van der Waals surface area contributed by atoms with Crippen LogP contribution in [0.4, 0.5) is 0 Å². The van der Waals surface area contributed by atoms with Gasteiger partial charge in [-0.1, -0.05) is 0 Å². The zero-order valence-corrected chi connectivity index (χ0v) is 7.44. The molecule has 13 heavy (non-hydrogen) atoms. The molecule has 0 saturated heterocycles. The lowest BCUT2D eigenvalue weighted by atomic mass is 9.78. The minimum atomic E-state index is -1.67. The molecule has 1 rings (SSSR count). The Morgan fingerprint density at radius 3 is 2.54 bits per heavy atom. The monoisotopic (exact) mass is 186 g/mol. The zero-order chi connectivity index (χ0) is 9.84. The molecule has 0 saturated carbocycles. The number of ether oxygens (including phenoxy) is 2. The third kappa shape index (κ3) is 1.93. The van der Waals surface area contributed by atoms with Gasteiger partial charge < -0.3 is 24.8 Å². The van der Waals surface area contributed by atoms with Gasteiger partial charge in [0.25, 0.3) is 0 Å². The molecule has 1 heterocycles. The van der Waals surface area contributed by atoms with Crippen LogP contribution in [0.1, 0.15) is 0 Å². The normalized spacial score (nSPS) is 16.2. The minimum absolute atomic E-state index is 0.108. The maximum atomic E-state index is 9.00. The van der Waals surface area contributed by atoms with Gasteiger partial charge in [-0.25, -0.2) is 4.99 Å². The highest BCUT2D eigenvalue weighted by Crippen LogP contribution is 2.11. The van der Waals surface area contributed by atoms with Crippen LogP contribution in [0.25, 0.3) is 0 Å². The number of methoxy groups -OCH3 is 2. The molecule has 72 valence electrons. The van der Waals surface area contributed by atoms with E-state index in [2.05, 4.69) is 10.3 Å².